The zero-order valence-corrected chi connectivity index (χ0v) is 14.7. The number of hydrogen-bond acceptors (Lipinski definition) is 5. The van der Waals surface area contributed by atoms with E-state index in [0.29, 0.717) is 18.7 Å². The molecule has 0 radical (unpaired) electrons. The van der Waals surface area contributed by atoms with Crippen molar-refractivity contribution in [3.8, 4) is 0 Å². The Bertz CT molecular complexity index is 686. The summed E-state index contributed by atoms with van der Waals surface area (Å²) in [6.45, 7) is 3.26. The number of rotatable bonds is 4. The molecule has 0 atom stereocenters. The third-order valence-electron chi connectivity index (χ3n) is 4.02. The van der Waals surface area contributed by atoms with E-state index in [2.05, 4.69) is 4.74 Å². The number of urea groups is 1. The highest BCUT2D eigenvalue weighted by Gasteiger charge is 2.27. The highest BCUT2D eigenvalue weighted by Crippen LogP contribution is 2.12. The van der Waals surface area contributed by atoms with E-state index in [-0.39, 0.29) is 30.6 Å². The maximum Gasteiger partial charge on any atom is 0.337 e. The second kappa shape index (κ2) is 7.65. The van der Waals surface area contributed by atoms with Crippen molar-refractivity contribution in [1.82, 2.24) is 9.80 Å². The van der Waals surface area contributed by atoms with E-state index in [1.165, 1.54) is 7.11 Å². The van der Waals surface area contributed by atoms with Crippen LogP contribution < -0.4 is 0 Å². The number of amides is 2. The molecule has 132 valence electrons. The molecule has 1 aliphatic heterocycles. The average molecular weight is 354 g/mol. The Hall–Kier alpha value is -2.09. The van der Waals surface area contributed by atoms with Gasteiger partial charge in [0.2, 0.25) is 0 Å². The molecule has 1 aromatic carbocycles. The van der Waals surface area contributed by atoms with E-state index >= 15 is 0 Å². The molecule has 1 heterocycles. The summed E-state index contributed by atoms with van der Waals surface area (Å²) in [7, 11) is -1.69. The molecule has 1 aromatic rings. The molecular weight excluding hydrogens is 332 g/mol. The summed E-state index contributed by atoms with van der Waals surface area (Å²) in [4.78, 5) is 27.2. The van der Waals surface area contributed by atoms with Crippen molar-refractivity contribution in [2.75, 3.05) is 38.2 Å². The van der Waals surface area contributed by atoms with Gasteiger partial charge >= 0.3 is 12.0 Å². The number of benzene rings is 1. The van der Waals surface area contributed by atoms with Crippen molar-refractivity contribution in [3.63, 3.8) is 0 Å². The Balaban J connectivity index is 2.01. The first kappa shape index (κ1) is 18.3. The number of carbonyl (C=O) groups is 2. The second-order valence-electron chi connectivity index (χ2n) is 5.62. The number of sulfone groups is 1. The Morgan fingerprint density at radius 3 is 2.25 bits per heavy atom. The average Bonchev–Trinajstić information content (AvgIpc) is 2.59. The van der Waals surface area contributed by atoms with E-state index < -0.39 is 15.8 Å². The van der Waals surface area contributed by atoms with E-state index in [9.17, 15) is 18.0 Å². The molecular formula is C16H22N2O5S. The predicted molar refractivity (Wildman–Crippen MR) is 89.5 cm³/mol. The van der Waals surface area contributed by atoms with Gasteiger partial charge in [-0.3, -0.25) is 0 Å². The normalized spacial score (nSPS) is 16.5. The third kappa shape index (κ3) is 4.47. The molecule has 0 bridgehead atoms. The SMILES string of the molecule is CCN(Cc1ccc(C(=O)OC)cc1)C(=O)N1CCS(=O)(=O)CC1. The number of esters is 1. The lowest BCUT2D eigenvalue weighted by atomic mass is 10.1. The van der Waals surface area contributed by atoms with Crippen molar-refractivity contribution in [2.24, 2.45) is 0 Å². The molecule has 1 aliphatic rings. The van der Waals surface area contributed by atoms with E-state index in [0.717, 1.165) is 5.56 Å². The van der Waals surface area contributed by atoms with Crippen LogP contribution in [0.1, 0.15) is 22.8 Å². The second-order valence-corrected chi connectivity index (χ2v) is 7.93. The van der Waals surface area contributed by atoms with Gasteiger partial charge in [-0.2, -0.15) is 0 Å². The smallest absolute Gasteiger partial charge is 0.337 e. The Labute approximate surface area is 142 Å². The number of ether oxygens (including phenoxy) is 1. The van der Waals surface area contributed by atoms with Crippen LogP contribution in [0.2, 0.25) is 0 Å². The minimum absolute atomic E-state index is 0.0180. The Kier molecular flexibility index (Phi) is 5.82. The quantitative estimate of drug-likeness (QED) is 0.757. The molecule has 1 saturated heterocycles. The van der Waals surface area contributed by atoms with Crippen LogP contribution >= 0.6 is 0 Å². The van der Waals surface area contributed by atoms with Gasteiger partial charge in [-0.15, -0.1) is 0 Å². The lowest BCUT2D eigenvalue weighted by molar-refractivity contribution is 0.0600. The van der Waals surface area contributed by atoms with Gasteiger partial charge in [0.1, 0.15) is 0 Å². The summed E-state index contributed by atoms with van der Waals surface area (Å²) in [6, 6.07) is 6.72. The minimum atomic E-state index is -3.01. The fourth-order valence-corrected chi connectivity index (χ4v) is 3.70. The van der Waals surface area contributed by atoms with Gasteiger partial charge in [-0.25, -0.2) is 18.0 Å². The minimum Gasteiger partial charge on any atom is -0.465 e. The molecule has 8 heteroatoms. The van der Waals surface area contributed by atoms with Crippen molar-refractivity contribution in [2.45, 2.75) is 13.5 Å². The van der Waals surface area contributed by atoms with Crippen LogP contribution in [0, 0.1) is 0 Å². The van der Waals surface area contributed by atoms with Crippen LogP contribution in [0.4, 0.5) is 4.79 Å². The van der Waals surface area contributed by atoms with Gasteiger partial charge < -0.3 is 14.5 Å². The number of nitrogens with zero attached hydrogens (tertiary/aromatic N) is 2. The van der Waals surface area contributed by atoms with Crippen LogP contribution in [-0.2, 0) is 21.1 Å². The largest absolute Gasteiger partial charge is 0.465 e. The molecule has 2 rings (SSSR count). The molecule has 0 aliphatic carbocycles. The molecule has 0 spiro atoms. The molecule has 0 unspecified atom stereocenters. The van der Waals surface area contributed by atoms with Gasteiger partial charge in [0.05, 0.1) is 24.2 Å². The summed E-state index contributed by atoms with van der Waals surface area (Å²) < 4.78 is 27.6. The molecule has 7 nitrogen and oxygen atoms in total. The highest BCUT2D eigenvalue weighted by atomic mass is 32.2. The topological polar surface area (TPSA) is 84.0 Å². The number of carbonyl (C=O) groups excluding carboxylic acids is 2. The monoisotopic (exact) mass is 354 g/mol. The molecule has 1 fully saturated rings. The van der Waals surface area contributed by atoms with E-state index in [1.807, 2.05) is 6.92 Å². The zero-order valence-electron chi connectivity index (χ0n) is 13.9. The van der Waals surface area contributed by atoms with Gasteiger partial charge in [-0.05, 0) is 24.6 Å². The maximum atomic E-state index is 12.5. The lowest BCUT2D eigenvalue weighted by Crippen LogP contribution is -2.49. The predicted octanol–water partition coefficient (Wildman–Crippen LogP) is 1.15. The van der Waals surface area contributed by atoms with Crippen LogP contribution in [0.15, 0.2) is 24.3 Å². The van der Waals surface area contributed by atoms with Crippen LogP contribution in [0.3, 0.4) is 0 Å². The van der Waals surface area contributed by atoms with Gasteiger partial charge in [0, 0.05) is 26.2 Å². The van der Waals surface area contributed by atoms with E-state index in [1.54, 1.807) is 34.1 Å². The summed E-state index contributed by atoms with van der Waals surface area (Å²) in [5.41, 5.74) is 1.35. The standard InChI is InChI=1S/C16H22N2O5S/c1-3-17(16(20)18-8-10-24(21,22)11-9-18)12-13-4-6-14(7-5-13)15(19)23-2/h4-7H,3,8-12H2,1-2H3. The Morgan fingerprint density at radius 1 is 1.17 bits per heavy atom. The third-order valence-corrected chi connectivity index (χ3v) is 5.62. The molecule has 0 saturated carbocycles. The zero-order chi connectivity index (χ0) is 17.7. The summed E-state index contributed by atoms with van der Waals surface area (Å²) in [6.07, 6.45) is 0. The molecule has 0 aromatic heterocycles. The van der Waals surface area contributed by atoms with Crippen molar-refractivity contribution in [1.29, 1.82) is 0 Å². The fraction of sp³-hybridized carbons (Fsp3) is 0.500. The van der Waals surface area contributed by atoms with E-state index in [4.69, 9.17) is 0 Å². The van der Waals surface area contributed by atoms with Crippen LogP contribution in [0.25, 0.3) is 0 Å². The summed E-state index contributed by atoms with van der Waals surface area (Å²) >= 11 is 0. The van der Waals surface area contributed by atoms with Crippen molar-refractivity contribution >= 4 is 21.8 Å². The first-order chi connectivity index (χ1) is 11.4. The van der Waals surface area contributed by atoms with Gasteiger partial charge in [0.25, 0.3) is 0 Å². The summed E-state index contributed by atoms with van der Waals surface area (Å²) in [5, 5.41) is 0. The number of methoxy groups -OCH3 is 1. The fourth-order valence-electron chi connectivity index (χ4n) is 2.50. The van der Waals surface area contributed by atoms with Crippen molar-refractivity contribution in [3.05, 3.63) is 35.4 Å². The lowest BCUT2D eigenvalue weighted by Gasteiger charge is -2.32. The molecule has 0 N–H and O–H groups in total. The van der Waals surface area contributed by atoms with Crippen molar-refractivity contribution < 1.29 is 22.7 Å². The highest BCUT2D eigenvalue weighted by molar-refractivity contribution is 7.91. The first-order valence-electron chi connectivity index (χ1n) is 7.78. The van der Waals surface area contributed by atoms with Crippen LogP contribution in [0.5, 0.6) is 0 Å². The molecule has 24 heavy (non-hydrogen) atoms. The molecule has 2 amide bonds. The van der Waals surface area contributed by atoms with Gasteiger partial charge in [-0.1, -0.05) is 12.1 Å². The maximum absolute atomic E-state index is 12.5. The van der Waals surface area contributed by atoms with Gasteiger partial charge in [0.15, 0.2) is 9.84 Å². The van der Waals surface area contributed by atoms with Crippen LogP contribution in [-0.4, -0.2) is 68.5 Å². The summed E-state index contributed by atoms with van der Waals surface area (Å²) in [5.74, 6) is -0.367. The Morgan fingerprint density at radius 2 is 1.75 bits per heavy atom. The number of hydrogen-bond donors (Lipinski definition) is 0. The first-order valence-corrected chi connectivity index (χ1v) is 9.60.